The second-order valence-electron chi connectivity index (χ2n) is 13.3. The predicted molar refractivity (Wildman–Crippen MR) is 130 cm³/mol. The van der Waals surface area contributed by atoms with E-state index in [9.17, 15) is 25.2 Å². The van der Waals surface area contributed by atoms with Gasteiger partial charge in [-0.05, 0) is 90.8 Å². The molecule has 6 nitrogen and oxygen atoms in total. The number of esters is 1. The van der Waals surface area contributed by atoms with Crippen molar-refractivity contribution in [2.45, 2.75) is 104 Å². The number of aliphatic hydroxyl groups is 4. The highest BCUT2D eigenvalue weighted by molar-refractivity contribution is 5.74. The lowest BCUT2D eigenvalue weighted by Gasteiger charge is -2.56. The third kappa shape index (κ3) is 4.05. The summed E-state index contributed by atoms with van der Waals surface area (Å²) in [6.07, 6.45) is 1.61. The average Bonchev–Trinajstić information content (AvgIpc) is 3.09. The number of carbonyl (C=O) groups excluding carboxylic acids is 1. The largest absolute Gasteiger partial charge is 0.465 e. The molecule has 196 valence electrons. The van der Waals surface area contributed by atoms with Crippen LogP contribution >= 0.6 is 0 Å². The van der Waals surface area contributed by atoms with Crippen LogP contribution in [0.25, 0.3) is 0 Å². The Balaban J connectivity index is 1.58. The van der Waals surface area contributed by atoms with Gasteiger partial charge in [0.1, 0.15) is 0 Å². The van der Waals surface area contributed by atoms with Crippen LogP contribution in [0, 0.1) is 58.2 Å². The first-order valence-corrected chi connectivity index (χ1v) is 13.7. The highest BCUT2D eigenvalue weighted by atomic mass is 16.5. The Morgan fingerprint density at radius 3 is 2.21 bits per heavy atom. The first kappa shape index (κ1) is 26.4. The summed E-state index contributed by atoms with van der Waals surface area (Å²) in [4.78, 5) is 13.0. The third-order valence-corrected chi connectivity index (χ3v) is 11.5. The summed E-state index contributed by atoms with van der Waals surface area (Å²) < 4.78 is 5.86. The van der Waals surface area contributed by atoms with Gasteiger partial charge in [0, 0.05) is 0 Å². The molecule has 3 aliphatic carbocycles. The Morgan fingerprint density at radius 1 is 0.912 bits per heavy atom. The highest BCUT2D eigenvalue weighted by Gasteiger charge is 2.63. The number of fused-ring (bicyclic) bond motifs is 5. The molecule has 0 radical (unpaired) electrons. The molecule has 1 aliphatic heterocycles. The fraction of sp³-hybridized carbons (Fsp3) is 0.964. The van der Waals surface area contributed by atoms with Crippen molar-refractivity contribution < 1.29 is 30.0 Å². The van der Waals surface area contributed by atoms with Crippen molar-refractivity contribution in [2.75, 3.05) is 6.61 Å². The summed E-state index contributed by atoms with van der Waals surface area (Å²) in [5, 5.41) is 42.9. The van der Waals surface area contributed by atoms with Crippen molar-refractivity contribution in [2.24, 2.45) is 58.2 Å². The van der Waals surface area contributed by atoms with Crippen molar-refractivity contribution in [3.63, 3.8) is 0 Å². The Morgan fingerprint density at radius 2 is 1.56 bits per heavy atom. The number of ether oxygens (including phenoxy) is 1. The topological polar surface area (TPSA) is 107 Å². The summed E-state index contributed by atoms with van der Waals surface area (Å²) >= 11 is 0. The summed E-state index contributed by atoms with van der Waals surface area (Å²) in [5.74, 6) is 0.948. The second kappa shape index (κ2) is 9.32. The summed E-state index contributed by atoms with van der Waals surface area (Å²) in [6, 6.07) is 0. The number of hydrogen-bond acceptors (Lipinski definition) is 6. The molecule has 1 heterocycles. The summed E-state index contributed by atoms with van der Waals surface area (Å²) in [5.41, 5.74) is -0.345. The van der Waals surface area contributed by atoms with E-state index < -0.39 is 24.4 Å². The molecule has 4 N–H and O–H groups in total. The molecule has 0 aromatic carbocycles. The van der Waals surface area contributed by atoms with Crippen LogP contribution < -0.4 is 0 Å². The van der Waals surface area contributed by atoms with Gasteiger partial charge >= 0.3 is 5.97 Å². The Labute approximate surface area is 205 Å². The maximum atomic E-state index is 13.0. The van der Waals surface area contributed by atoms with E-state index in [1.165, 1.54) is 0 Å². The second-order valence-corrected chi connectivity index (χ2v) is 13.3. The van der Waals surface area contributed by atoms with Crippen LogP contribution in [0.1, 0.15) is 80.1 Å². The molecule has 0 spiro atoms. The quantitative estimate of drug-likeness (QED) is 0.450. The zero-order valence-corrected chi connectivity index (χ0v) is 22.0. The molecule has 1 saturated heterocycles. The first-order valence-electron chi connectivity index (χ1n) is 13.7. The van der Waals surface area contributed by atoms with E-state index in [1.54, 1.807) is 0 Å². The van der Waals surface area contributed by atoms with Crippen molar-refractivity contribution >= 4 is 5.97 Å². The van der Waals surface area contributed by atoms with Crippen LogP contribution in [-0.2, 0) is 9.53 Å². The van der Waals surface area contributed by atoms with E-state index in [0.29, 0.717) is 30.8 Å². The van der Waals surface area contributed by atoms with Gasteiger partial charge in [-0.1, -0.05) is 41.5 Å². The fourth-order valence-corrected chi connectivity index (χ4v) is 8.95. The molecule has 4 aliphatic rings. The van der Waals surface area contributed by atoms with E-state index in [2.05, 4.69) is 34.6 Å². The molecule has 4 rings (SSSR count). The van der Waals surface area contributed by atoms with Crippen molar-refractivity contribution in [1.82, 2.24) is 0 Å². The molecule has 0 bridgehead atoms. The van der Waals surface area contributed by atoms with Crippen molar-refractivity contribution in [3.05, 3.63) is 0 Å². The maximum Gasteiger partial charge on any atom is 0.309 e. The minimum atomic E-state index is -0.867. The third-order valence-electron chi connectivity index (χ3n) is 11.5. The van der Waals surface area contributed by atoms with Gasteiger partial charge in [-0.2, -0.15) is 0 Å². The van der Waals surface area contributed by atoms with Gasteiger partial charge in [0.05, 0.1) is 36.9 Å². The lowest BCUT2D eigenvalue weighted by atomic mass is 9.48. The van der Waals surface area contributed by atoms with E-state index in [-0.39, 0.29) is 52.8 Å². The molecular formula is C28H48O6. The lowest BCUT2D eigenvalue weighted by molar-refractivity contribution is -0.162. The van der Waals surface area contributed by atoms with Gasteiger partial charge in [0.2, 0.25) is 0 Å². The molecule has 3 saturated carbocycles. The summed E-state index contributed by atoms with van der Waals surface area (Å²) in [6.45, 7) is 13.2. The molecule has 0 unspecified atom stereocenters. The van der Waals surface area contributed by atoms with Crippen LogP contribution in [0.2, 0.25) is 0 Å². The van der Waals surface area contributed by atoms with Crippen LogP contribution in [0.3, 0.4) is 0 Å². The van der Waals surface area contributed by atoms with E-state index in [0.717, 1.165) is 25.7 Å². The Bertz CT molecular complexity index is 755. The maximum absolute atomic E-state index is 13.0. The minimum absolute atomic E-state index is 0.00827. The smallest absolute Gasteiger partial charge is 0.309 e. The Hall–Kier alpha value is -0.690. The monoisotopic (exact) mass is 480 g/mol. The first-order chi connectivity index (χ1) is 15.8. The van der Waals surface area contributed by atoms with E-state index >= 15 is 0 Å². The predicted octanol–water partition coefficient (Wildman–Crippen LogP) is 3.39. The van der Waals surface area contributed by atoms with Crippen LogP contribution in [0.4, 0.5) is 0 Å². The molecule has 0 aromatic rings. The molecule has 0 amide bonds. The van der Waals surface area contributed by atoms with Crippen molar-refractivity contribution in [1.29, 1.82) is 0 Å². The van der Waals surface area contributed by atoms with Crippen molar-refractivity contribution in [3.8, 4) is 0 Å². The number of aliphatic hydroxyl groups excluding tert-OH is 4. The standard InChI is InChI=1S/C28H48O6/c1-14(2)15(3)24(31)25(32)16(4)18-7-8-19-17-13-34-26(33)21-11-22(29)23(30)12-28(21,6)20(17)9-10-27(18,19)5/h14-25,29-32H,7-13H2,1-6H3/t15-,16-,17-,18-,19+,20-,21-,22-,23+,24+,25+,27+,28+/m0/s1. The van der Waals surface area contributed by atoms with Crippen LogP contribution in [0.15, 0.2) is 0 Å². The Kier molecular flexibility index (Phi) is 7.23. The number of rotatable bonds is 5. The zero-order valence-electron chi connectivity index (χ0n) is 22.0. The summed E-state index contributed by atoms with van der Waals surface area (Å²) in [7, 11) is 0. The molecule has 13 atom stereocenters. The minimum Gasteiger partial charge on any atom is -0.465 e. The normalized spacial score (nSPS) is 48.1. The van der Waals surface area contributed by atoms with Gasteiger partial charge in [0.25, 0.3) is 0 Å². The van der Waals surface area contributed by atoms with E-state index in [4.69, 9.17) is 4.74 Å². The lowest BCUT2D eigenvalue weighted by Crippen LogP contribution is -2.55. The molecular weight excluding hydrogens is 432 g/mol. The van der Waals surface area contributed by atoms with Gasteiger partial charge in [-0.25, -0.2) is 0 Å². The van der Waals surface area contributed by atoms with E-state index in [1.807, 2.05) is 6.92 Å². The van der Waals surface area contributed by atoms with Gasteiger partial charge in [0.15, 0.2) is 0 Å². The molecule has 34 heavy (non-hydrogen) atoms. The molecule has 6 heteroatoms. The van der Waals surface area contributed by atoms with Gasteiger partial charge in [-0.3, -0.25) is 4.79 Å². The zero-order chi connectivity index (χ0) is 25.2. The molecule has 0 aromatic heterocycles. The van der Waals surface area contributed by atoms with Gasteiger partial charge in [-0.15, -0.1) is 0 Å². The van der Waals surface area contributed by atoms with Crippen LogP contribution in [-0.4, -0.2) is 57.4 Å². The fourth-order valence-electron chi connectivity index (χ4n) is 8.95. The number of carbonyl (C=O) groups is 1. The SMILES string of the molecule is CC(C)[C@H](C)[C@@H](O)[C@H](O)[C@@H](C)[C@@H]1CC[C@@H]2[C@@H]3COC(=O)[C@@H]4C[C@H](O)[C@H](O)C[C@]4(C)[C@H]3CC[C@@]21C. The van der Waals surface area contributed by atoms with Gasteiger partial charge < -0.3 is 25.2 Å². The average molecular weight is 481 g/mol. The number of cyclic esters (lactones) is 1. The highest BCUT2D eigenvalue weighted by Crippen LogP contribution is 2.66. The molecule has 4 fully saturated rings. The number of hydrogen-bond donors (Lipinski definition) is 4. The van der Waals surface area contributed by atoms with Crippen LogP contribution in [0.5, 0.6) is 0 Å².